The Kier molecular flexibility index (Phi) is 6.25. The van der Waals surface area contributed by atoms with Crippen LogP contribution in [0.2, 0.25) is 5.02 Å². The maximum atomic E-state index is 12.9. The highest BCUT2D eigenvalue weighted by atomic mass is 35.5. The van der Waals surface area contributed by atoms with Crippen LogP contribution in [-0.4, -0.2) is 56.0 Å². The van der Waals surface area contributed by atoms with E-state index in [9.17, 15) is 9.59 Å². The van der Waals surface area contributed by atoms with Gasteiger partial charge in [0.15, 0.2) is 0 Å². The van der Waals surface area contributed by atoms with Crippen LogP contribution in [-0.2, 0) is 4.79 Å². The van der Waals surface area contributed by atoms with Crippen molar-refractivity contribution in [2.24, 2.45) is 0 Å². The Labute approximate surface area is 182 Å². The molecule has 0 radical (unpaired) electrons. The SMILES string of the molecule is CCN1CCN(c2ccc(Cl)cc2NC(=O)c2ccc(N3CCCC3=O)cc2)CC1. The highest BCUT2D eigenvalue weighted by Crippen LogP contribution is 2.31. The van der Waals surface area contributed by atoms with Crippen molar-refractivity contribution in [3.8, 4) is 0 Å². The first-order valence-electron chi connectivity index (χ1n) is 10.5. The summed E-state index contributed by atoms with van der Waals surface area (Å²) in [6.45, 7) is 7.80. The minimum atomic E-state index is -0.190. The van der Waals surface area contributed by atoms with E-state index in [-0.39, 0.29) is 11.8 Å². The number of hydrogen-bond acceptors (Lipinski definition) is 4. The number of carbonyl (C=O) groups excluding carboxylic acids is 2. The number of anilines is 3. The summed E-state index contributed by atoms with van der Waals surface area (Å²) < 4.78 is 0. The van der Waals surface area contributed by atoms with Crippen LogP contribution in [0.15, 0.2) is 42.5 Å². The second-order valence-corrected chi connectivity index (χ2v) is 8.17. The molecule has 0 saturated carbocycles. The lowest BCUT2D eigenvalue weighted by molar-refractivity contribution is -0.117. The third kappa shape index (κ3) is 4.45. The molecular weight excluding hydrogens is 400 g/mol. The van der Waals surface area contributed by atoms with Crippen LogP contribution in [0.4, 0.5) is 17.1 Å². The summed E-state index contributed by atoms with van der Waals surface area (Å²) in [5.41, 5.74) is 3.09. The Morgan fingerprint density at radius 2 is 1.77 bits per heavy atom. The Morgan fingerprint density at radius 1 is 1.03 bits per heavy atom. The fourth-order valence-corrected chi connectivity index (χ4v) is 4.27. The molecule has 2 aromatic rings. The summed E-state index contributed by atoms with van der Waals surface area (Å²) in [4.78, 5) is 31.3. The van der Waals surface area contributed by atoms with Gasteiger partial charge in [-0.15, -0.1) is 0 Å². The Bertz CT molecular complexity index is 923. The molecule has 0 atom stereocenters. The van der Waals surface area contributed by atoms with Crippen LogP contribution in [0.3, 0.4) is 0 Å². The predicted octanol–water partition coefficient (Wildman–Crippen LogP) is 3.86. The summed E-state index contributed by atoms with van der Waals surface area (Å²) in [5, 5.41) is 3.62. The van der Waals surface area contributed by atoms with Crippen molar-refractivity contribution in [3.05, 3.63) is 53.1 Å². The molecule has 2 aromatic carbocycles. The average molecular weight is 427 g/mol. The molecule has 4 rings (SSSR count). The molecule has 2 aliphatic heterocycles. The third-order valence-corrected chi connectivity index (χ3v) is 6.12. The van der Waals surface area contributed by atoms with Gasteiger partial charge in [0.25, 0.3) is 5.91 Å². The molecule has 2 aliphatic rings. The minimum absolute atomic E-state index is 0.138. The van der Waals surface area contributed by atoms with Gasteiger partial charge in [-0.3, -0.25) is 9.59 Å². The molecule has 0 unspecified atom stereocenters. The van der Waals surface area contributed by atoms with Crippen molar-refractivity contribution in [1.82, 2.24) is 4.90 Å². The van der Waals surface area contributed by atoms with Gasteiger partial charge in [-0.2, -0.15) is 0 Å². The van der Waals surface area contributed by atoms with E-state index in [0.717, 1.165) is 62.8 Å². The number of hydrogen-bond donors (Lipinski definition) is 1. The van der Waals surface area contributed by atoms with E-state index >= 15 is 0 Å². The lowest BCUT2D eigenvalue weighted by Crippen LogP contribution is -2.46. The quantitative estimate of drug-likeness (QED) is 0.788. The Morgan fingerprint density at radius 3 is 2.40 bits per heavy atom. The van der Waals surface area contributed by atoms with E-state index in [4.69, 9.17) is 11.6 Å². The molecule has 0 aliphatic carbocycles. The zero-order valence-corrected chi connectivity index (χ0v) is 18.0. The van der Waals surface area contributed by atoms with E-state index in [1.807, 2.05) is 24.3 Å². The largest absolute Gasteiger partial charge is 0.367 e. The maximum absolute atomic E-state index is 12.9. The molecule has 7 heteroatoms. The highest BCUT2D eigenvalue weighted by Gasteiger charge is 2.22. The van der Waals surface area contributed by atoms with Crippen LogP contribution in [0, 0.1) is 0 Å². The van der Waals surface area contributed by atoms with Gasteiger partial charge in [0.2, 0.25) is 5.91 Å². The average Bonchev–Trinajstić information content (AvgIpc) is 3.20. The summed E-state index contributed by atoms with van der Waals surface area (Å²) in [6, 6.07) is 12.8. The normalized spacial score (nSPS) is 17.5. The monoisotopic (exact) mass is 426 g/mol. The van der Waals surface area contributed by atoms with Gasteiger partial charge >= 0.3 is 0 Å². The van der Waals surface area contributed by atoms with Crippen molar-refractivity contribution in [1.29, 1.82) is 0 Å². The smallest absolute Gasteiger partial charge is 0.255 e. The summed E-state index contributed by atoms with van der Waals surface area (Å²) in [6.07, 6.45) is 1.47. The second-order valence-electron chi connectivity index (χ2n) is 7.73. The number of carbonyl (C=O) groups is 2. The molecule has 30 heavy (non-hydrogen) atoms. The first-order chi connectivity index (χ1) is 14.5. The summed E-state index contributed by atoms with van der Waals surface area (Å²) in [7, 11) is 0. The number of likely N-dealkylation sites (N-methyl/N-ethyl adjacent to an activating group) is 1. The number of amides is 2. The molecule has 158 valence electrons. The van der Waals surface area contributed by atoms with Crippen LogP contribution >= 0.6 is 11.6 Å². The van der Waals surface area contributed by atoms with E-state index in [2.05, 4.69) is 22.0 Å². The van der Waals surface area contributed by atoms with Gasteiger partial charge < -0.3 is 20.0 Å². The second kappa shape index (κ2) is 9.06. The highest BCUT2D eigenvalue weighted by molar-refractivity contribution is 6.31. The molecule has 0 spiro atoms. The van der Waals surface area contributed by atoms with E-state index in [1.165, 1.54) is 0 Å². The van der Waals surface area contributed by atoms with Gasteiger partial charge in [0.05, 0.1) is 11.4 Å². The number of benzene rings is 2. The van der Waals surface area contributed by atoms with Crippen LogP contribution in [0.5, 0.6) is 0 Å². The number of rotatable bonds is 5. The predicted molar refractivity (Wildman–Crippen MR) is 122 cm³/mol. The maximum Gasteiger partial charge on any atom is 0.255 e. The number of piperazine rings is 1. The van der Waals surface area contributed by atoms with Gasteiger partial charge in [0, 0.05) is 55.4 Å². The molecule has 1 N–H and O–H groups in total. The Hall–Kier alpha value is -2.57. The molecule has 2 amide bonds. The van der Waals surface area contributed by atoms with Crippen LogP contribution < -0.4 is 15.1 Å². The van der Waals surface area contributed by atoms with Gasteiger partial charge in [0.1, 0.15) is 0 Å². The first-order valence-corrected chi connectivity index (χ1v) is 10.9. The minimum Gasteiger partial charge on any atom is -0.367 e. The van der Waals surface area contributed by atoms with Crippen LogP contribution in [0.1, 0.15) is 30.1 Å². The number of nitrogens with zero attached hydrogens (tertiary/aromatic N) is 3. The van der Waals surface area contributed by atoms with Gasteiger partial charge in [-0.05, 0) is 55.4 Å². The fourth-order valence-electron chi connectivity index (χ4n) is 4.10. The van der Waals surface area contributed by atoms with Gasteiger partial charge in [-0.25, -0.2) is 0 Å². The van der Waals surface area contributed by atoms with Crippen molar-refractivity contribution in [3.63, 3.8) is 0 Å². The van der Waals surface area contributed by atoms with E-state index < -0.39 is 0 Å². The molecular formula is C23H27ClN4O2. The zero-order chi connectivity index (χ0) is 21.1. The summed E-state index contributed by atoms with van der Waals surface area (Å²) >= 11 is 6.22. The lowest BCUT2D eigenvalue weighted by atomic mass is 10.1. The molecule has 2 saturated heterocycles. The number of halogens is 1. The van der Waals surface area contributed by atoms with Crippen molar-refractivity contribution < 1.29 is 9.59 Å². The summed E-state index contributed by atoms with van der Waals surface area (Å²) in [5.74, 6) is -0.0519. The standard InChI is InChI=1S/C23H27ClN4O2/c1-2-26-12-14-27(15-13-26)21-10-7-18(24)16-20(21)25-23(30)17-5-8-19(9-6-17)28-11-3-4-22(28)29/h5-10,16H,2-4,11-15H2,1H3,(H,25,30). The third-order valence-electron chi connectivity index (χ3n) is 5.88. The molecule has 2 fully saturated rings. The van der Waals surface area contributed by atoms with Crippen molar-refractivity contribution in [2.45, 2.75) is 19.8 Å². The lowest BCUT2D eigenvalue weighted by Gasteiger charge is -2.36. The van der Waals surface area contributed by atoms with E-state index in [1.54, 1.807) is 23.1 Å². The van der Waals surface area contributed by atoms with Crippen molar-refractivity contribution >= 4 is 40.5 Å². The number of nitrogens with one attached hydrogen (secondary N) is 1. The molecule has 0 bridgehead atoms. The molecule has 6 nitrogen and oxygen atoms in total. The Balaban J connectivity index is 1.49. The van der Waals surface area contributed by atoms with Crippen LogP contribution in [0.25, 0.3) is 0 Å². The molecule has 2 heterocycles. The van der Waals surface area contributed by atoms with E-state index in [0.29, 0.717) is 17.0 Å². The fraction of sp³-hybridized carbons (Fsp3) is 0.391. The molecule has 0 aromatic heterocycles. The van der Waals surface area contributed by atoms with Crippen molar-refractivity contribution in [2.75, 3.05) is 54.4 Å². The topological polar surface area (TPSA) is 55.9 Å². The first kappa shape index (κ1) is 20.7. The van der Waals surface area contributed by atoms with Gasteiger partial charge in [-0.1, -0.05) is 18.5 Å². The zero-order valence-electron chi connectivity index (χ0n) is 17.2.